The fourth-order valence-electron chi connectivity index (χ4n) is 2.02. The van der Waals surface area contributed by atoms with Crippen LogP contribution in [0.4, 0.5) is 0 Å². The van der Waals surface area contributed by atoms with E-state index in [0.717, 1.165) is 10.0 Å². The van der Waals surface area contributed by atoms with Gasteiger partial charge in [-0.15, -0.1) is 0 Å². The van der Waals surface area contributed by atoms with E-state index >= 15 is 0 Å². The van der Waals surface area contributed by atoms with E-state index in [0.29, 0.717) is 17.9 Å². The standard InChI is InChI=1S/C16H16BrNO3/c1-18(10-11-4-3-5-13(17)8-11)16(20)12-6-7-15(21-2)14(19)9-12/h3-9,19H,10H2,1-2H3. The van der Waals surface area contributed by atoms with Crippen LogP contribution in [-0.2, 0) is 6.54 Å². The SMILES string of the molecule is COc1ccc(C(=O)N(C)Cc2cccc(Br)c2)cc1O. The zero-order valence-electron chi connectivity index (χ0n) is 11.8. The van der Waals surface area contributed by atoms with Crippen molar-refractivity contribution >= 4 is 21.8 Å². The number of aromatic hydroxyl groups is 1. The van der Waals surface area contributed by atoms with Gasteiger partial charge in [0.05, 0.1) is 7.11 Å². The number of amides is 1. The highest BCUT2D eigenvalue weighted by Gasteiger charge is 2.14. The normalized spacial score (nSPS) is 10.2. The molecule has 1 N–H and O–H groups in total. The number of phenolic OH excluding ortho intramolecular Hbond substituents is 1. The van der Waals surface area contributed by atoms with Gasteiger partial charge in [-0.25, -0.2) is 0 Å². The second kappa shape index (κ2) is 6.63. The Morgan fingerprint density at radius 2 is 2.05 bits per heavy atom. The van der Waals surface area contributed by atoms with Crippen molar-refractivity contribution in [3.05, 3.63) is 58.1 Å². The van der Waals surface area contributed by atoms with E-state index in [1.807, 2.05) is 24.3 Å². The van der Waals surface area contributed by atoms with Gasteiger partial charge in [-0.1, -0.05) is 28.1 Å². The Hall–Kier alpha value is -2.01. The van der Waals surface area contributed by atoms with Gasteiger partial charge in [-0.2, -0.15) is 0 Å². The van der Waals surface area contributed by atoms with E-state index in [9.17, 15) is 9.90 Å². The van der Waals surface area contributed by atoms with E-state index in [1.165, 1.54) is 13.2 Å². The van der Waals surface area contributed by atoms with Crippen LogP contribution in [-0.4, -0.2) is 30.1 Å². The number of methoxy groups -OCH3 is 1. The molecule has 0 bridgehead atoms. The Kier molecular flexibility index (Phi) is 4.85. The third-order valence-electron chi connectivity index (χ3n) is 3.08. The van der Waals surface area contributed by atoms with Crippen LogP contribution < -0.4 is 4.74 Å². The summed E-state index contributed by atoms with van der Waals surface area (Å²) in [5.74, 6) is 0.147. The Balaban J connectivity index is 2.14. The smallest absolute Gasteiger partial charge is 0.254 e. The molecule has 0 aromatic heterocycles. The molecule has 0 aliphatic heterocycles. The van der Waals surface area contributed by atoms with Gasteiger partial charge in [0.1, 0.15) is 0 Å². The first-order chi connectivity index (χ1) is 10.0. The van der Waals surface area contributed by atoms with E-state index in [-0.39, 0.29) is 11.7 Å². The Morgan fingerprint density at radius 1 is 1.29 bits per heavy atom. The summed E-state index contributed by atoms with van der Waals surface area (Å²) >= 11 is 3.41. The molecule has 2 aromatic carbocycles. The predicted molar refractivity (Wildman–Crippen MR) is 84.6 cm³/mol. The summed E-state index contributed by atoms with van der Waals surface area (Å²) < 4.78 is 5.94. The molecule has 0 radical (unpaired) electrons. The first kappa shape index (κ1) is 15.4. The molecular weight excluding hydrogens is 334 g/mol. The lowest BCUT2D eigenvalue weighted by molar-refractivity contribution is 0.0784. The highest BCUT2D eigenvalue weighted by molar-refractivity contribution is 9.10. The van der Waals surface area contributed by atoms with Crippen molar-refractivity contribution in [2.45, 2.75) is 6.54 Å². The third kappa shape index (κ3) is 3.76. The number of benzene rings is 2. The molecule has 0 saturated carbocycles. The Labute approximate surface area is 132 Å². The number of phenols is 1. The van der Waals surface area contributed by atoms with Crippen molar-refractivity contribution in [3.8, 4) is 11.5 Å². The average Bonchev–Trinajstić information content (AvgIpc) is 2.46. The van der Waals surface area contributed by atoms with Crippen molar-refractivity contribution < 1.29 is 14.6 Å². The Bertz CT molecular complexity index is 658. The van der Waals surface area contributed by atoms with Crippen LogP contribution in [0.25, 0.3) is 0 Å². The number of hydrogen-bond donors (Lipinski definition) is 1. The number of carbonyl (C=O) groups is 1. The molecule has 1 amide bonds. The predicted octanol–water partition coefficient (Wildman–Crippen LogP) is 3.44. The zero-order valence-corrected chi connectivity index (χ0v) is 13.4. The van der Waals surface area contributed by atoms with Gasteiger partial charge < -0.3 is 14.7 Å². The van der Waals surface area contributed by atoms with Gasteiger partial charge in [0.15, 0.2) is 11.5 Å². The van der Waals surface area contributed by atoms with Crippen LogP contribution in [0.15, 0.2) is 46.9 Å². The van der Waals surface area contributed by atoms with E-state index in [4.69, 9.17) is 4.74 Å². The van der Waals surface area contributed by atoms with Crippen LogP contribution in [0.2, 0.25) is 0 Å². The number of ether oxygens (including phenoxy) is 1. The molecule has 0 atom stereocenters. The minimum atomic E-state index is -0.159. The largest absolute Gasteiger partial charge is 0.504 e. The van der Waals surface area contributed by atoms with Crippen LogP contribution in [0, 0.1) is 0 Å². The first-order valence-electron chi connectivity index (χ1n) is 6.38. The van der Waals surface area contributed by atoms with E-state index in [2.05, 4.69) is 15.9 Å². The molecule has 0 heterocycles. The summed E-state index contributed by atoms with van der Waals surface area (Å²) in [5, 5.41) is 9.75. The lowest BCUT2D eigenvalue weighted by Gasteiger charge is -2.18. The molecule has 0 aliphatic rings. The lowest BCUT2D eigenvalue weighted by Crippen LogP contribution is -2.26. The lowest BCUT2D eigenvalue weighted by atomic mass is 10.1. The fraction of sp³-hybridized carbons (Fsp3) is 0.188. The van der Waals surface area contributed by atoms with Gasteiger partial charge in [0.25, 0.3) is 5.91 Å². The molecule has 110 valence electrons. The Morgan fingerprint density at radius 3 is 2.67 bits per heavy atom. The number of carbonyl (C=O) groups excluding carboxylic acids is 1. The third-order valence-corrected chi connectivity index (χ3v) is 3.57. The van der Waals surface area contributed by atoms with E-state index < -0.39 is 0 Å². The second-order valence-electron chi connectivity index (χ2n) is 4.68. The number of nitrogens with zero attached hydrogens (tertiary/aromatic N) is 1. The van der Waals surface area contributed by atoms with E-state index in [1.54, 1.807) is 24.1 Å². The van der Waals surface area contributed by atoms with Gasteiger partial charge in [0.2, 0.25) is 0 Å². The minimum absolute atomic E-state index is 0.0424. The first-order valence-corrected chi connectivity index (χ1v) is 7.17. The quantitative estimate of drug-likeness (QED) is 0.919. The summed E-state index contributed by atoms with van der Waals surface area (Å²) in [4.78, 5) is 13.9. The van der Waals surface area contributed by atoms with Gasteiger partial charge in [0, 0.05) is 23.6 Å². The summed E-state index contributed by atoms with van der Waals surface area (Å²) in [7, 11) is 3.19. The summed E-state index contributed by atoms with van der Waals surface area (Å²) in [6.07, 6.45) is 0. The summed E-state index contributed by atoms with van der Waals surface area (Å²) in [6.45, 7) is 0.491. The number of halogens is 1. The van der Waals surface area contributed by atoms with Crippen molar-refractivity contribution in [1.82, 2.24) is 4.90 Å². The summed E-state index contributed by atoms with van der Waals surface area (Å²) in [6, 6.07) is 12.4. The van der Waals surface area contributed by atoms with Crippen molar-refractivity contribution in [2.75, 3.05) is 14.2 Å². The second-order valence-corrected chi connectivity index (χ2v) is 5.59. The molecule has 0 spiro atoms. The topological polar surface area (TPSA) is 49.8 Å². The molecule has 2 rings (SSSR count). The molecule has 0 fully saturated rings. The molecule has 4 nitrogen and oxygen atoms in total. The van der Waals surface area contributed by atoms with Crippen LogP contribution in [0.3, 0.4) is 0 Å². The zero-order chi connectivity index (χ0) is 15.4. The van der Waals surface area contributed by atoms with Crippen LogP contribution in [0.1, 0.15) is 15.9 Å². The molecule has 0 aliphatic carbocycles. The molecule has 0 saturated heterocycles. The number of rotatable bonds is 4. The highest BCUT2D eigenvalue weighted by atomic mass is 79.9. The molecule has 21 heavy (non-hydrogen) atoms. The fourth-order valence-corrected chi connectivity index (χ4v) is 2.47. The molecule has 5 heteroatoms. The van der Waals surface area contributed by atoms with Gasteiger partial charge in [-0.3, -0.25) is 4.79 Å². The number of hydrogen-bond acceptors (Lipinski definition) is 3. The maximum absolute atomic E-state index is 12.3. The van der Waals surface area contributed by atoms with Crippen molar-refractivity contribution in [1.29, 1.82) is 0 Å². The maximum Gasteiger partial charge on any atom is 0.254 e. The molecular formula is C16H16BrNO3. The monoisotopic (exact) mass is 349 g/mol. The average molecular weight is 350 g/mol. The minimum Gasteiger partial charge on any atom is -0.504 e. The van der Waals surface area contributed by atoms with Gasteiger partial charge >= 0.3 is 0 Å². The van der Waals surface area contributed by atoms with Crippen LogP contribution >= 0.6 is 15.9 Å². The highest BCUT2D eigenvalue weighted by Crippen LogP contribution is 2.26. The molecule has 2 aromatic rings. The molecule has 0 unspecified atom stereocenters. The van der Waals surface area contributed by atoms with Gasteiger partial charge in [-0.05, 0) is 35.9 Å². The van der Waals surface area contributed by atoms with Crippen LogP contribution in [0.5, 0.6) is 11.5 Å². The van der Waals surface area contributed by atoms with Crippen molar-refractivity contribution in [2.24, 2.45) is 0 Å². The van der Waals surface area contributed by atoms with Crippen molar-refractivity contribution in [3.63, 3.8) is 0 Å². The maximum atomic E-state index is 12.3. The summed E-state index contributed by atoms with van der Waals surface area (Å²) in [5.41, 5.74) is 1.45.